The summed E-state index contributed by atoms with van der Waals surface area (Å²) >= 11 is 0. The number of amides is 1. The molecule has 1 aromatic carbocycles. The van der Waals surface area contributed by atoms with Crippen molar-refractivity contribution in [2.75, 3.05) is 5.32 Å². The van der Waals surface area contributed by atoms with Gasteiger partial charge in [0.15, 0.2) is 0 Å². The Bertz CT molecular complexity index is 785. The van der Waals surface area contributed by atoms with E-state index in [-0.39, 0.29) is 5.91 Å². The maximum absolute atomic E-state index is 12.3. The zero-order valence-corrected chi connectivity index (χ0v) is 11.3. The summed E-state index contributed by atoms with van der Waals surface area (Å²) in [6.07, 6.45) is 3.43. The van der Waals surface area contributed by atoms with Gasteiger partial charge >= 0.3 is 0 Å². The molecule has 100 valence electrons. The van der Waals surface area contributed by atoms with E-state index in [2.05, 4.69) is 10.3 Å². The largest absolute Gasteiger partial charge is 0.466 e. The van der Waals surface area contributed by atoms with E-state index in [0.29, 0.717) is 17.0 Å². The van der Waals surface area contributed by atoms with Crippen molar-refractivity contribution in [3.63, 3.8) is 0 Å². The van der Waals surface area contributed by atoms with Gasteiger partial charge in [-0.15, -0.1) is 0 Å². The zero-order valence-electron chi connectivity index (χ0n) is 11.3. The Morgan fingerprint density at radius 2 is 2.00 bits per heavy atom. The van der Waals surface area contributed by atoms with E-state index in [4.69, 9.17) is 4.42 Å². The lowest BCUT2D eigenvalue weighted by atomic mass is 10.1. The minimum Gasteiger partial charge on any atom is -0.466 e. The highest BCUT2D eigenvalue weighted by Gasteiger charge is 2.14. The normalized spacial score (nSPS) is 10.7. The molecule has 4 heteroatoms. The van der Waals surface area contributed by atoms with E-state index in [0.717, 1.165) is 16.5 Å². The van der Waals surface area contributed by atoms with E-state index >= 15 is 0 Å². The van der Waals surface area contributed by atoms with Crippen LogP contribution in [0.5, 0.6) is 0 Å². The van der Waals surface area contributed by atoms with Crippen LogP contribution in [0.1, 0.15) is 21.9 Å². The molecule has 2 heterocycles. The third-order valence-electron chi connectivity index (χ3n) is 3.20. The van der Waals surface area contributed by atoms with Crippen molar-refractivity contribution < 1.29 is 9.21 Å². The van der Waals surface area contributed by atoms with Crippen molar-refractivity contribution in [2.24, 2.45) is 0 Å². The first-order chi connectivity index (χ1) is 9.65. The maximum atomic E-state index is 12.3. The van der Waals surface area contributed by atoms with Crippen molar-refractivity contribution in [2.45, 2.75) is 13.8 Å². The van der Waals surface area contributed by atoms with Crippen LogP contribution in [0.2, 0.25) is 0 Å². The molecule has 0 aliphatic heterocycles. The molecule has 4 nitrogen and oxygen atoms in total. The fourth-order valence-corrected chi connectivity index (χ4v) is 2.26. The highest BCUT2D eigenvalue weighted by Crippen LogP contribution is 2.23. The fourth-order valence-electron chi connectivity index (χ4n) is 2.26. The Kier molecular flexibility index (Phi) is 2.99. The Morgan fingerprint density at radius 1 is 1.20 bits per heavy atom. The Balaban J connectivity index is 1.97. The summed E-state index contributed by atoms with van der Waals surface area (Å²) in [7, 11) is 0. The number of fused-ring (bicyclic) bond motifs is 1. The van der Waals surface area contributed by atoms with Crippen LogP contribution < -0.4 is 5.32 Å². The van der Waals surface area contributed by atoms with Crippen LogP contribution in [0.15, 0.2) is 47.1 Å². The molecular formula is C16H14N2O2. The first-order valence-corrected chi connectivity index (χ1v) is 6.36. The second-order valence-electron chi connectivity index (χ2n) is 4.69. The highest BCUT2D eigenvalue weighted by molar-refractivity contribution is 6.09. The molecule has 1 amide bonds. The van der Waals surface area contributed by atoms with Gasteiger partial charge in [-0.25, -0.2) is 0 Å². The van der Waals surface area contributed by atoms with Gasteiger partial charge in [-0.05, 0) is 19.9 Å². The number of hydrogen-bond acceptors (Lipinski definition) is 3. The molecule has 0 aliphatic rings. The Hall–Kier alpha value is -2.62. The van der Waals surface area contributed by atoms with Crippen LogP contribution in [0, 0.1) is 13.8 Å². The first-order valence-electron chi connectivity index (χ1n) is 6.36. The minimum absolute atomic E-state index is 0.183. The summed E-state index contributed by atoms with van der Waals surface area (Å²) < 4.78 is 5.38. The number of anilines is 1. The minimum atomic E-state index is -0.183. The molecule has 3 rings (SSSR count). The number of pyridine rings is 1. The van der Waals surface area contributed by atoms with Gasteiger partial charge in [0, 0.05) is 17.0 Å². The van der Waals surface area contributed by atoms with E-state index in [1.165, 1.54) is 0 Å². The standard InChI is InChI=1S/C16H14N2O2/c1-10-7-14(11(2)20-10)16(19)18-15-9-17-8-12-5-3-4-6-13(12)15/h3-9H,1-2H3,(H,18,19). The van der Waals surface area contributed by atoms with Crippen LogP contribution >= 0.6 is 0 Å². The quantitative estimate of drug-likeness (QED) is 0.769. The summed E-state index contributed by atoms with van der Waals surface area (Å²) in [5.74, 6) is 1.16. The third-order valence-corrected chi connectivity index (χ3v) is 3.20. The smallest absolute Gasteiger partial charge is 0.259 e. The summed E-state index contributed by atoms with van der Waals surface area (Å²) in [6.45, 7) is 3.60. The van der Waals surface area contributed by atoms with Crippen molar-refractivity contribution in [3.05, 3.63) is 59.8 Å². The Morgan fingerprint density at radius 3 is 2.75 bits per heavy atom. The van der Waals surface area contributed by atoms with Crippen molar-refractivity contribution in [3.8, 4) is 0 Å². The van der Waals surface area contributed by atoms with Gasteiger partial charge in [0.25, 0.3) is 5.91 Å². The second kappa shape index (κ2) is 4.81. The van der Waals surface area contributed by atoms with Crippen LogP contribution in [-0.2, 0) is 0 Å². The molecule has 3 aromatic rings. The fraction of sp³-hybridized carbons (Fsp3) is 0.125. The van der Waals surface area contributed by atoms with E-state index < -0.39 is 0 Å². The summed E-state index contributed by atoms with van der Waals surface area (Å²) in [5, 5.41) is 4.85. The molecule has 0 aliphatic carbocycles. The Labute approximate surface area is 116 Å². The van der Waals surface area contributed by atoms with Crippen LogP contribution in [-0.4, -0.2) is 10.9 Å². The topological polar surface area (TPSA) is 55.1 Å². The van der Waals surface area contributed by atoms with Crippen molar-refractivity contribution in [1.29, 1.82) is 0 Å². The maximum Gasteiger partial charge on any atom is 0.259 e. The molecule has 0 fully saturated rings. The summed E-state index contributed by atoms with van der Waals surface area (Å²) in [5.41, 5.74) is 1.25. The number of carbonyl (C=O) groups is 1. The molecule has 1 N–H and O–H groups in total. The van der Waals surface area contributed by atoms with Gasteiger partial charge in [-0.3, -0.25) is 9.78 Å². The average molecular weight is 266 g/mol. The lowest BCUT2D eigenvalue weighted by Gasteiger charge is -2.07. The van der Waals surface area contributed by atoms with Gasteiger partial charge in [0.05, 0.1) is 17.4 Å². The van der Waals surface area contributed by atoms with Crippen molar-refractivity contribution >= 4 is 22.4 Å². The number of furan rings is 1. The van der Waals surface area contributed by atoms with Gasteiger partial charge in [0.2, 0.25) is 0 Å². The number of rotatable bonds is 2. The lowest BCUT2D eigenvalue weighted by molar-refractivity contribution is 0.102. The second-order valence-corrected chi connectivity index (χ2v) is 4.69. The molecule has 0 spiro atoms. The van der Waals surface area contributed by atoms with E-state index in [9.17, 15) is 4.79 Å². The average Bonchev–Trinajstić information content (AvgIpc) is 2.78. The molecule has 2 aromatic heterocycles. The predicted molar refractivity (Wildman–Crippen MR) is 77.9 cm³/mol. The highest BCUT2D eigenvalue weighted by atomic mass is 16.3. The number of aromatic nitrogens is 1. The van der Waals surface area contributed by atoms with Gasteiger partial charge < -0.3 is 9.73 Å². The monoisotopic (exact) mass is 266 g/mol. The lowest BCUT2D eigenvalue weighted by Crippen LogP contribution is -2.12. The SMILES string of the molecule is Cc1cc(C(=O)Nc2cncc3ccccc23)c(C)o1. The molecule has 0 radical (unpaired) electrons. The van der Waals surface area contributed by atoms with Gasteiger partial charge in [-0.2, -0.15) is 0 Å². The number of hydrogen-bond donors (Lipinski definition) is 1. The molecule has 0 atom stereocenters. The number of nitrogens with one attached hydrogen (secondary N) is 1. The summed E-state index contributed by atoms with van der Waals surface area (Å²) in [4.78, 5) is 16.4. The predicted octanol–water partition coefficient (Wildman–Crippen LogP) is 3.70. The molecule has 20 heavy (non-hydrogen) atoms. The van der Waals surface area contributed by atoms with Gasteiger partial charge in [0.1, 0.15) is 11.5 Å². The van der Waals surface area contributed by atoms with Crippen LogP contribution in [0.3, 0.4) is 0 Å². The van der Waals surface area contributed by atoms with E-state index in [1.807, 2.05) is 31.2 Å². The summed E-state index contributed by atoms with van der Waals surface area (Å²) in [6, 6.07) is 9.54. The van der Waals surface area contributed by atoms with Gasteiger partial charge in [-0.1, -0.05) is 24.3 Å². The number of aryl methyl sites for hydroxylation is 2. The molecule has 0 unspecified atom stereocenters. The van der Waals surface area contributed by atoms with Crippen LogP contribution in [0.4, 0.5) is 5.69 Å². The molecule has 0 bridgehead atoms. The van der Waals surface area contributed by atoms with Crippen LogP contribution in [0.25, 0.3) is 10.8 Å². The number of benzene rings is 1. The first kappa shape index (κ1) is 12.4. The zero-order chi connectivity index (χ0) is 14.1. The van der Waals surface area contributed by atoms with Crippen molar-refractivity contribution in [1.82, 2.24) is 4.98 Å². The molecule has 0 saturated heterocycles. The number of carbonyl (C=O) groups excluding carboxylic acids is 1. The molecule has 0 saturated carbocycles. The number of nitrogens with zero attached hydrogens (tertiary/aromatic N) is 1. The molecular weight excluding hydrogens is 252 g/mol. The van der Waals surface area contributed by atoms with E-state index in [1.54, 1.807) is 25.4 Å². The third kappa shape index (κ3) is 2.16.